The van der Waals surface area contributed by atoms with Crippen molar-refractivity contribution < 1.29 is 76.9 Å². The van der Waals surface area contributed by atoms with E-state index in [1.807, 2.05) is 60.7 Å². The smallest absolute Gasteiger partial charge is 0.307 e. The van der Waals surface area contributed by atoms with Crippen molar-refractivity contribution in [1.82, 2.24) is 0 Å². The van der Waals surface area contributed by atoms with Crippen LogP contribution in [0.25, 0.3) is 0 Å². The largest absolute Gasteiger partial charge is 0.481 e. The van der Waals surface area contributed by atoms with E-state index in [4.69, 9.17) is 37.9 Å². The number of carbonyl (C=O) groups is 6. The highest BCUT2D eigenvalue weighted by Gasteiger charge is 2.38. The number of aliphatic carboxylic acids is 2. The summed E-state index contributed by atoms with van der Waals surface area (Å²) in [6.45, 7) is 3.14. The van der Waals surface area contributed by atoms with Gasteiger partial charge in [-0.25, -0.2) is 0 Å². The van der Waals surface area contributed by atoms with Gasteiger partial charge < -0.3 is 48.1 Å². The van der Waals surface area contributed by atoms with Crippen LogP contribution in [-0.2, 0) is 79.9 Å². The molecule has 0 heterocycles. The van der Waals surface area contributed by atoms with Crippen LogP contribution in [0.3, 0.4) is 0 Å². The van der Waals surface area contributed by atoms with E-state index < -0.39 is 60.5 Å². The van der Waals surface area contributed by atoms with Crippen molar-refractivity contribution in [1.29, 1.82) is 0 Å². The van der Waals surface area contributed by atoms with Gasteiger partial charge in [0, 0.05) is 12.8 Å². The number of ether oxygens (including phenoxy) is 8. The second kappa shape index (κ2) is 32.1. The third-order valence-corrected chi connectivity index (χ3v) is 8.42. The zero-order valence-electron chi connectivity index (χ0n) is 33.1. The van der Waals surface area contributed by atoms with Gasteiger partial charge in [-0.2, -0.15) is 0 Å². The van der Waals surface area contributed by atoms with Crippen molar-refractivity contribution in [2.24, 2.45) is 11.8 Å². The SMILES string of the molecule is O=C(CCCCCOC(=O)CC(C(=O)O)C(CC(=O)OCCCCCC(=O)OCCOCCOCc1ccccc1)C(=O)O)OCCOCCOCc1ccccc1. The molecular formula is C42H58O16. The Labute approximate surface area is 339 Å². The Hall–Kier alpha value is -4.90. The summed E-state index contributed by atoms with van der Waals surface area (Å²) in [5.41, 5.74) is 2.13. The van der Waals surface area contributed by atoms with Crippen LogP contribution in [0, 0.1) is 11.8 Å². The Balaban J connectivity index is 1.47. The number of carboxylic acid groups (broad SMARTS) is 2. The zero-order valence-corrected chi connectivity index (χ0v) is 33.1. The molecule has 0 saturated carbocycles. The van der Waals surface area contributed by atoms with E-state index in [0.717, 1.165) is 11.1 Å². The van der Waals surface area contributed by atoms with Crippen LogP contribution in [-0.4, -0.2) is 112 Å². The van der Waals surface area contributed by atoms with Crippen LogP contribution in [0.5, 0.6) is 0 Å². The minimum absolute atomic E-state index is 0.0575. The summed E-state index contributed by atoms with van der Waals surface area (Å²) in [7, 11) is 0. The first-order valence-corrected chi connectivity index (χ1v) is 19.6. The fraction of sp³-hybridized carbons (Fsp3) is 0.571. The number of esters is 4. The minimum atomic E-state index is -1.72. The molecule has 16 heteroatoms. The van der Waals surface area contributed by atoms with E-state index in [1.54, 1.807) is 0 Å². The molecule has 2 rings (SSSR count). The second-order valence-electron chi connectivity index (χ2n) is 13.1. The molecule has 58 heavy (non-hydrogen) atoms. The zero-order chi connectivity index (χ0) is 42.1. The maximum absolute atomic E-state index is 12.4. The molecule has 0 bridgehead atoms. The number of carboxylic acids is 2. The van der Waals surface area contributed by atoms with Gasteiger partial charge in [0.1, 0.15) is 13.2 Å². The number of unbranched alkanes of at least 4 members (excludes halogenated alkanes) is 4. The minimum Gasteiger partial charge on any atom is -0.481 e. The van der Waals surface area contributed by atoms with Gasteiger partial charge in [0.2, 0.25) is 0 Å². The number of rotatable bonds is 35. The summed E-state index contributed by atoms with van der Waals surface area (Å²) in [5.74, 6) is -9.20. The summed E-state index contributed by atoms with van der Waals surface area (Å²) in [6, 6.07) is 19.5. The monoisotopic (exact) mass is 818 g/mol. The van der Waals surface area contributed by atoms with Gasteiger partial charge in [-0.3, -0.25) is 28.8 Å². The van der Waals surface area contributed by atoms with E-state index in [-0.39, 0.29) is 52.5 Å². The molecule has 0 aliphatic heterocycles. The topological polar surface area (TPSA) is 217 Å². The first kappa shape index (κ1) is 49.2. The van der Waals surface area contributed by atoms with Gasteiger partial charge in [-0.1, -0.05) is 60.7 Å². The van der Waals surface area contributed by atoms with Crippen molar-refractivity contribution >= 4 is 35.8 Å². The lowest BCUT2D eigenvalue weighted by Crippen LogP contribution is -2.34. The maximum atomic E-state index is 12.4. The number of carbonyl (C=O) groups excluding carboxylic acids is 4. The van der Waals surface area contributed by atoms with Gasteiger partial charge >= 0.3 is 35.8 Å². The summed E-state index contributed by atoms with van der Waals surface area (Å²) < 4.78 is 42.2. The molecule has 0 aromatic heterocycles. The van der Waals surface area contributed by atoms with Crippen LogP contribution in [0.1, 0.15) is 75.3 Å². The normalized spacial score (nSPS) is 11.9. The molecule has 2 aromatic rings. The molecule has 322 valence electrons. The molecule has 0 aliphatic carbocycles. The number of benzene rings is 2. The first-order valence-electron chi connectivity index (χ1n) is 19.6. The van der Waals surface area contributed by atoms with Gasteiger partial charge in [0.25, 0.3) is 0 Å². The van der Waals surface area contributed by atoms with E-state index in [1.165, 1.54) is 0 Å². The van der Waals surface area contributed by atoms with Gasteiger partial charge in [-0.15, -0.1) is 0 Å². The van der Waals surface area contributed by atoms with E-state index in [9.17, 15) is 39.0 Å². The van der Waals surface area contributed by atoms with Crippen molar-refractivity contribution in [3.63, 3.8) is 0 Å². The number of hydrogen-bond donors (Lipinski definition) is 2. The molecule has 2 unspecified atom stereocenters. The standard InChI is InChI=1S/C42H58O16/c43-37(57-27-25-51-21-23-53-31-33-13-5-1-6-14-33)17-9-3-11-19-55-39(45)29-35(41(47)48)36(42(49)50)30-40(46)56-20-12-4-10-18-38(44)58-28-26-52-22-24-54-32-34-15-7-2-8-16-34/h1-2,5-8,13-16,35-36H,3-4,9-12,17-32H2,(H,47,48)(H,49,50). The van der Waals surface area contributed by atoms with Crippen LogP contribution in [0.2, 0.25) is 0 Å². The fourth-order valence-corrected chi connectivity index (χ4v) is 5.29. The van der Waals surface area contributed by atoms with Crippen molar-refractivity contribution in [2.75, 3.05) is 66.1 Å². The van der Waals surface area contributed by atoms with Crippen LogP contribution in [0.4, 0.5) is 0 Å². The third kappa shape index (κ3) is 25.4. The predicted molar refractivity (Wildman–Crippen MR) is 206 cm³/mol. The third-order valence-electron chi connectivity index (χ3n) is 8.42. The lowest BCUT2D eigenvalue weighted by atomic mass is 9.87. The molecule has 2 N–H and O–H groups in total. The Bertz CT molecular complexity index is 1340. The van der Waals surface area contributed by atoms with Gasteiger partial charge in [0.15, 0.2) is 0 Å². The lowest BCUT2D eigenvalue weighted by molar-refractivity contribution is -0.162. The van der Waals surface area contributed by atoms with Crippen LogP contribution in [0.15, 0.2) is 60.7 Å². The molecule has 0 saturated heterocycles. The van der Waals surface area contributed by atoms with Crippen molar-refractivity contribution in [3.05, 3.63) is 71.8 Å². The predicted octanol–water partition coefficient (Wildman–Crippen LogP) is 4.93. The van der Waals surface area contributed by atoms with Crippen molar-refractivity contribution in [3.8, 4) is 0 Å². The number of hydrogen-bond acceptors (Lipinski definition) is 14. The quantitative estimate of drug-likeness (QED) is 0.0536. The summed E-state index contributed by atoms with van der Waals surface area (Å²) in [5, 5.41) is 19.3. The Morgan fingerprint density at radius 3 is 1.12 bits per heavy atom. The summed E-state index contributed by atoms with van der Waals surface area (Å²) >= 11 is 0. The molecule has 2 atom stereocenters. The molecule has 0 fully saturated rings. The molecule has 2 aromatic carbocycles. The fourth-order valence-electron chi connectivity index (χ4n) is 5.29. The highest BCUT2D eigenvalue weighted by atomic mass is 16.6. The lowest BCUT2D eigenvalue weighted by Gasteiger charge is -2.19. The van der Waals surface area contributed by atoms with Gasteiger partial charge in [-0.05, 0) is 49.7 Å². The summed E-state index contributed by atoms with van der Waals surface area (Å²) in [4.78, 5) is 72.3. The van der Waals surface area contributed by atoms with Crippen molar-refractivity contribution in [2.45, 2.75) is 77.4 Å². The molecule has 0 amide bonds. The molecule has 0 spiro atoms. The average Bonchev–Trinajstić information content (AvgIpc) is 3.21. The first-order chi connectivity index (χ1) is 28.2. The molecule has 0 aliphatic rings. The van der Waals surface area contributed by atoms with Gasteiger partial charge in [0.05, 0.1) is 90.7 Å². The van der Waals surface area contributed by atoms with Crippen LogP contribution < -0.4 is 0 Å². The van der Waals surface area contributed by atoms with E-state index in [2.05, 4.69) is 0 Å². The second-order valence-corrected chi connectivity index (χ2v) is 13.1. The van der Waals surface area contributed by atoms with E-state index in [0.29, 0.717) is 78.2 Å². The Kier molecular flexibility index (Phi) is 27.3. The Morgan fingerprint density at radius 1 is 0.397 bits per heavy atom. The van der Waals surface area contributed by atoms with E-state index >= 15 is 0 Å². The Morgan fingerprint density at radius 2 is 0.741 bits per heavy atom. The highest BCUT2D eigenvalue weighted by molar-refractivity contribution is 5.87. The maximum Gasteiger partial charge on any atom is 0.307 e. The summed E-state index contributed by atoms with van der Waals surface area (Å²) in [6.07, 6.45) is 1.58. The molecular weight excluding hydrogens is 760 g/mol. The highest BCUT2D eigenvalue weighted by Crippen LogP contribution is 2.22. The molecule has 0 radical (unpaired) electrons. The average molecular weight is 819 g/mol. The van der Waals surface area contributed by atoms with Crippen LogP contribution >= 0.6 is 0 Å². The molecule has 16 nitrogen and oxygen atoms in total.